The van der Waals surface area contributed by atoms with Gasteiger partial charge in [0, 0.05) is 11.8 Å². The predicted octanol–water partition coefficient (Wildman–Crippen LogP) is 2.10. The molecular formula is C10H7FN2OS. The summed E-state index contributed by atoms with van der Waals surface area (Å²) < 4.78 is 16.8. The van der Waals surface area contributed by atoms with E-state index < -0.39 is 0 Å². The lowest BCUT2D eigenvalue weighted by molar-refractivity contribution is 0.0987. The van der Waals surface area contributed by atoms with Gasteiger partial charge in [-0.05, 0) is 23.2 Å². The molecule has 1 aromatic carbocycles. The van der Waals surface area contributed by atoms with E-state index in [1.807, 2.05) is 0 Å². The summed E-state index contributed by atoms with van der Waals surface area (Å²) in [5.74, 6) is -0.581. The monoisotopic (exact) mass is 222 g/mol. The van der Waals surface area contributed by atoms with Gasteiger partial charge in [0.05, 0.1) is 0 Å². The van der Waals surface area contributed by atoms with Gasteiger partial charge in [-0.15, -0.1) is 5.10 Å². The van der Waals surface area contributed by atoms with Crippen LogP contribution in [-0.4, -0.2) is 15.4 Å². The summed E-state index contributed by atoms with van der Waals surface area (Å²) in [4.78, 5) is 11.6. The van der Waals surface area contributed by atoms with Crippen LogP contribution < -0.4 is 0 Å². The first kappa shape index (κ1) is 9.92. The molecule has 15 heavy (non-hydrogen) atoms. The quantitative estimate of drug-likeness (QED) is 0.747. The zero-order valence-electron chi connectivity index (χ0n) is 7.68. The summed E-state index contributed by atoms with van der Waals surface area (Å²) in [5, 5.41) is 5.20. The van der Waals surface area contributed by atoms with Gasteiger partial charge in [-0.1, -0.05) is 22.7 Å². The largest absolute Gasteiger partial charge is 0.292 e. The lowest BCUT2D eigenvalue weighted by Crippen LogP contribution is -2.05. The van der Waals surface area contributed by atoms with Crippen LogP contribution in [0.15, 0.2) is 29.6 Å². The summed E-state index contributed by atoms with van der Waals surface area (Å²) in [6.07, 6.45) is 0.0259. The van der Waals surface area contributed by atoms with Gasteiger partial charge in [-0.2, -0.15) is 0 Å². The van der Waals surface area contributed by atoms with E-state index in [1.165, 1.54) is 6.07 Å². The van der Waals surface area contributed by atoms with Crippen molar-refractivity contribution < 1.29 is 9.18 Å². The Morgan fingerprint density at radius 3 is 2.87 bits per heavy atom. The molecule has 0 N–H and O–H groups in total. The molecule has 76 valence electrons. The van der Waals surface area contributed by atoms with Crippen molar-refractivity contribution in [1.82, 2.24) is 9.59 Å². The molecule has 0 atom stereocenters. The molecule has 0 aliphatic carbocycles. The maximum Gasteiger partial charge on any atom is 0.188 e. The Morgan fingerprint density at radius 1 is 1.40 bits per heavy atom. The number of nitrogens with zero attached hydrogens (tertiary/aromatic N) is 2. The minimum absolute atomic E-state index is 0.0259. The second-order valence-electron chi connectivity index (χ2n) is 2.98. The van der Waals surface area contributed by atoms with E-state index in [1.54, 1.807) is 23.6 Å². The third-order valence-corrected chi connectivity index (χ3v) is 2.46. The van der Waals surface area contributed by atoms with Crippen LogP contribution in [0.2, 0.25) is 0 Å². The first-order valence-corrected chi connectivity index (χ1v) is 5.14. The molecule has 0 amide bonds. The number of carbonyl (C=O) groups excluding carboxylic acids is 1. The third kappa shape index (κ3) is 2.24. The Labute approximate surface area is 89.7 Å². The molecule has 0 aliphatic heterocycles. The van der Waals surface area contributed by atoms with Gasteiger partial charge >= 0.3 is 0 Å². The third-order valence-electron chi connectivity index (χ3n) is 1.95. The minimum atomic E-state index is -0.367. The maximum atomic E-state index is 13.2. The topological polar surface area (TPSA) is 42.9 Å². The highest BCUT2D eigenvalue weighted by atomic mass is 32.1. The molecule has 0 unspecified atom stereocenters. The molecule has 0 radical (unpaired) electrons. The first-order chi connectivity index (χ1) is 7.27. The maximum absolute atomic E-state index is 13.2. The Morgan fingerprint density at radius 2 is 2.20 bits per heavy atom. The molecule has 0 aliphatic rings. The lowest BCUT2D eigenvalue weighted by atomic mass is 10.1. The Kier molecular flexibility index (Phi) is 2.82. The molecule has 5 heteroatoms. The molecule has 3 nitrogen and oxygen atoms in total. The number of carbonyl (C=O) groups is 1. The zero-order valence-corrected chi connectivity index (χ0v) is 8.50. The normalized spacial score (nSPS) is 10.2. The van der Waals surface area contributed by atoms with Crippen LogP contribution >= 0.6 is 11.5 Å². The van der Waals surface area contributed by atoms with Crippen molar-refractivity contribution >= 4 is 17.3 Å². The Balaban J connectivity index is 2.17. The summed E-state index contributed by atoms with van der Waals surface area (Å²) in [7, 11) is 0. The Bertz CT molecular complexity index is 470. The van der Waals surface area contributed by atoms with Crippen molar-refractivity contribution in [3.8, 4) is 0 Å². The fourth-order valence-electron chi connectivity index (χ4n) is 1.19. The highest BCUT2D eigenvalue weighted by molar-refractivity contribution is 7.03. The van der Waals surface area contributed by atoms with E-state index >= 15 is 0 Å². The molecule has 1 heterocycles. The van der Waals surface area contributed by atoms with Crippen molar-refractivity contribution in [3.63, 3.8) is 0 Å². The van der Waals surface area contributed by atoms with E-state index in [-0.39, 0.29) is 18.0 Å². The van der Waals surface area contributed by atoms with E-state index in [0.717, 1.165) is 11.5 Å². The van der Waals surface area contributed by atoms with Crippen molar-refractivity contribution in [2.24, 2.45) is 0 Å². The van der Waals surface area contributed by atoms with Crippen molar-refractivity contribution in [1.29, 1.82) is 0 Å². The van der Waals surface area contributed by atoms with E-state index in [4.69, 9.17) is 0 Å². The smallest absolute Gasteiger partial charge is 0.188 e. The molecule has 1 aromatic heterocycles. The summed E-state index contributed by atoms with van der Waals surface area (Å²) in [6.45, 7) is 0. The van der Waals surface area contributed by atoms with Crippen LogP contribution in [0.25, 0.3) is 0 Å². The summed E-state index contributed by atoms with van der Waals surface area (Å²) in [5.41, 5.74) is 0.679. The van der Waals surface area contributed by atoms with Crippen LogP contribution in [-0.2, 0) is 6.42 Å². The van der Waals surface area contributed by atoms with Crippen LogP contribution in [0, 0.1) is 5.82 Å². The Hall–Kier alpha value is -1.62. The number of halogens is 1. The molecule has 0 spiro atoms. The van der Waals surface area contributed by atoms with E-state index in [0.29, 0.717) is 11.3 Å². The number of Topliss-reactive ketones (excluding diaryl/α,β-unsaturated/α-hetero) is 1. The van der Waals surface area contributed by atoms with Gasteiger partial charge < -0.3 is 0 Å². The van der Waals surface area contributed by atoms with Crippen molar-refractivity contribution in [3.05, 3.63) is 46.7 Å². The van der Waals surface area contributed by atoms with Gasteiger partial charge in [0.15, 0.2) is 5.78 Å². The lowest BCUT2D eigenvalue weighted by Gasteiger charge is -1.99. The van der Waals surface area contributed by atoms with Gasteiger partial charge in [0.25, 0.3) is 0 Å². The van der Waals surface area contributed by atoms with Gasteiger partial charge in [-0.3, -0.25) is 4.79 Å². The van der Waals surface area contributed by atoms with Gasteiger partial charge in [0.2, 0.25) is 0 Å². The molecule has 2 aromatic rings. The first-order valence-electron chi connectivity index (χ1n) is 4.31. The van der Waals surface area contributed by atoms with Crippen LogP contribution in [0.5, 0.6) is 0 Å². The van der Waals surface area contributed by atoms with Crippen LogP contribution in [0.4, 0.5) is 4.39 Å². The number of aromatic nitrogens is 2. The molecule has 0 saturated carbocycles. The number of benzene rings is 1. The van der Waals surface area contributed by atoms with E-state index in [2.05, 4.69) is 9.59 Å². The number of hydrogen-bond acceptors (Lipinski definition) is 4. The average Bonchev–Trinajstić information content (AvgIpc) is 2.74. The second-order valence-corrected chi connectivity index (χ2v) is 3.59. The number of rotatable bonds is 3. The predicted molar refractivity (Wildman–Crippen MR) is 54.3 cm³/mol. The van der Waals surface area contributed by atoms with Crippen molar-refractivity contribution in [2.45, 2.75) is 6.42 Å². The molecule has 0 fully saturated rings. The van der Waals surface area contributed by atoms with Crippen molar-refractivity contribution in [2.75, 3.05) is 0 Å². The SMILES string of the molecule is O=C(Cc1ccccc1F)c1csnn1. The zero-order chi connectivity index (χ0) is 10.7. The second kappa shape index (κ2) is 4.27. The summed E-state index contributed by atoms with van der Waals surface area (Å²) in [6, 6.07) is 6.22. The molecular weight excluding hydrogens is 215 g/mol. The van der Waals surface area contributed by atoms with Crippen LogP contribution in [0.1, 0.15) is 16.1 Å². The highest BCUT2D eigenvalue weighted by Gasteiger charge is 2.11. The summed E-state index contributed by atoms with van der Waals surface area (Å²) >= 11 is 1.11. The van der Waals surface area contributed by atoms with Gasteiger partial charge in [0.1, 0.15) is 11.5 Å². The van der Waals surface area contributed by atoms with Crippen LogP contribution in [0.3, 0.4) is 0 Å². The average molecular weight is 222 g/mol. The minimum Gasteiger partial charge on any atom is -0.292 e. The van der Waals surface area contributed by atoms with Gasteiger partial charge in [-0.25, -0.2) is 4.39 Å². The molecule has 0 saturated heterocycles. The standard InChI is InChI=1S/C10H7FN2OS/c11-8-4-2-1-3-7(8)5-10(14)9-6-15-13-12-9/h1-4,6H,5H2. The number of ketones is 1. The number of hydrogen-bond donors (Lipinski definition) is 0. The molecule has 0 bridgehead atoms. The highest BCUT2D eigenvalue weighted by Crippen LogP contribution is 2.10. The fraction of sp³-hybridized carbons (Fsp3) is 0.100. The molecule has 2 rings (SSSR count). The fourth-order valence-corrected chi connectivity index (χ4v) is 1.65. The van der Waals surface area contributed by atoms with E-state index in [9.17, 15) is 9.18 Å².